The Balaban J connectivity index is 1.37. The highest BCUT2D eigenvalue weighted by Gasteiger charge is 2.26. The molecular formula is C22H25N5OS. The predicted octanol–water partition coefficient (Wildman–Crippen LogP) is 3.75. The first-order chi connectivity index (χ1) is 14.1. The van der Waals surface area contributed by atoms with Crippen molar-refractivity contribution in [2.45, 2.75) is 33.2 Å². The third kappa shape index (κ3) is 4.62. The molecule has 1 fully saturated rings. The minimum absolute atomic E-state index is 0.0336. The highest BCUT2D eigenvalue weighted by molar-refractivity contribution is 7.15. The molecule has 1 atom stereocenters. The zero-order valence-electron chi connectivity index (χ0n) is 16.8. The van der Waals surface area contributed by atoms with E-state index < -0.39 is 0 Å². The summed E-state index contributed by atoms with van der Waals surface area (Å²) in [7, 11) is 0. The lowest BCUT2D eigenvalue weighted by molar-refractivity contribution is -0.125. The van der Waals surface area contributed by atoms with Crippen LogP contribution in [0.25, 0.3) is 10.6 Å². The van der Waals surface area contributed by atoms with Crippen LogP contribution in [0.3, 0.4) is 0 Å². The summed E-state index contributed by atoms with van der Waals surface area (Å²) in [4.78, 5) is 20.7. The average molecular weight is 408 g/mol. The van der Waals surface area contributed by atoms with Crippen molar-refractivity contribution in [3.05, 3.63) is 58.7 Å². The maximum absolute atomic E-state index is 12.8. The lowest BCUT2D eigenvalue weighted by Gasteiger charge is -2.32. The summed E-state index contributed by atoms with van der Waals surface area (Å²) >= 11 is 1.65. The average Bonchev–Trinajstić information content (AvgIpc) is 3.14. The number of piperidine rings is 1. The summed E-state index contributed by atoms with van der Waals surface area (Å²) in [5.41, 5.74) is 2.99. The fraction of sp³-hybridized carbons (Fsp3) is 0.364. The van der Waals surface area contributed by atoms with Gasteiger partial charge in [0.2, 0.25) is 5.91 Å². The van der Waals surface area contributed by atoms with E-state index in [4.69, 9.17) is 0 Å². The molecule has 0 aliphatic carbocycles. The summed E-state index contributed by atoms with van der Waals surface area (Å²) in [5.74, 6) is 0.913. The highest BCUT2D eigenvalue weighted by atomic mass is 32.1. The van der Waals surface area contributed by atoms with Crippen molar-refractivity contribution in [3.63, 3.8) is 0 Å². The van der Waals surface area contributed by atoms with Gasteiger partial charge in [-0.25, -0.2) is 4.98 Å². The summed E-state index contributed by atoms with van der Waals surface area (Å²) in [5, 5.41) is 12.5. The van der Waals surface area contributed by atoms with Crippen LogP contribution in [-0.2, 0) is 11.3 Å². The minimum atomic E-state index is -0.0336. The van der Waals surface area contributed by atoms with Crippen LogP contribution in [0.5, 0.6) is 0 Å². The number of carbonyl (C=O) groups excluding carboxylic acids is 1. The standard InChI is InChI=1S/C22H25N5OS/c1-15-10-11-20(26-25-15)27-12-6-9-18(14-27)21(28)23-13-19-16(2)24-22(29-19)17-7-4-3-5-8-17/h3-5,7-8,10-11,18H,6,9,12-14H2,1-2H3,(H,23,28). The van der Waals surface area contributed by atoms with Crippen molar-refractivity contribution in [1.82, 2.24) is 20.5 Å². The molecule has 150 valence electrons. The molecule has 0 radical (unpaired) electrons. The van der Waals surface area contributed by atoms with Gasteiger partial charge in [-0.3, -0.25) is 4.79 Å². The number of nitrogens with one attached hydrogen (secondary N) is 1. The number of hydrogen-bond acceptors (Lipinski definition) is 6. The molecule has 1 unspecified atom stereocenters. The van der Waals surface area contributed by atoms with Crippen LogP contribution in [0.4, 0.5) is 5.82 Å². The quantitative estimate of drug-likeness (QED) is 0.697. The van der Waals surface area contributed by atoms with Gasteiger partial charge >= 0.3 is 0 Å². The molecule has 29 heavy (non-hydrogen) atoms. The maximum Gasteiger partial charge on any atom is 0.225 e. The molecule has 1 aliphatic heterocycles. The van der Waals surface area contributed by atoms with Crippen LogP contribution in [0.15, 0.2) is 42.5 Å². The third-order valence-corrected chi connectivity index (χ3v) is 6.44. The zero-order valence-corrected chi connectivity index (χ0v) is 17.6. The van der Waals surface area contributed by atoms with Crippen LogP contribution < -0.4 is 10.2 Å². The Morgan fingerprint density at radius 1 is 1.17 bits per heavy atom. The fourth-order valence-corrected chi connectivity index (χ4v) is 4.58. The molecule has 3 aromatic rings. The zero-order chi connectivity index (χ0) is 20.2. The number of hydrogen-bond donors (Lipinski definition) is 1. The Morgan fingerprint density at radius 3 is 2.76 bits per heavy atom. The Labute approximate surface area is 175 Å². The van der Waals surface area contributed by atoms with Gasteiger partial charge in [0.1, 0.15) is 5.01 Å². The smallest absolute Gasteiger partial charge is 0.225 e. The van der Waals surface area contributed by atoms with E-state index in [-0.39, 0.29) is 11.8 Å². The summed E-state index contributed by atoms with van der Waals surface area (Å²) in [6.45, 7) is 6.04. The number of rotatable bonds is 5. The number of anilines is 1. The molecule has 1 amide bonds. The van der Waals surface area contributed by atoms with Crippen molar-refractivity contribution in [1.29, 1.82) is 0 Å². The van der Waals surface area contributed by atoms with Crippen LogP contribution in [-0.4, -0.2) is 34.2 Å². The molecule has 1 N–H and O–H groups in total. The number of aromatic nitrogens is 3. The third-order valence-electron chi connectivity index (χ3n) is 5.24. The second kappa shape index (κ2) is 8.69. The van der Waals surface area contributed by atoms with Gasteiger partial charge < -0.3 is 10.2 Å². The largest absolute Gasteiger partial charge is 0.354 e. The molecular weight excluding hydrogens is 382 g/mol. The topological polar surface area (TPSA) is 71.0 Å². The second-order valence-electron chi connectivity index (χ2n) is 7.43. The molecule has 4 rings (SSSR count). The number of benzene rings is 1. The minimum Gasteiger partial charge on any atom is -0.354 e. The van der Waals surface area contributed by atoms with Crippen molar-refractivity contribution in [2.24, 2.45) is 5.92 Å². The molecule has 1 aromatic carbocycles. The van der Waals surface area contributed by atoms with Gasteiger partial charge in [0.15, 0.2) is 5.82 Å². The van der Waals surface area contributed by atoms with E-state index in [2.05, 4.69) is 37.5 Å². The summed E-state index contributed by atoms with van der Waals surface area (Å²) in [6.07, 6.45) is 1.88. The molecule has 0 spiro atoms. The SMILES string of the molecule is Cc1ccc(N2CCCC(C(=O)NCc3sc(-c4ccccc4)nc3C)C2)nn1. The van der Waals surface area contributed by atoms with Gasteiger partial charge in [0.25, 0.3) is 0 Å². The highest BCUT2D eigenvalue weighted by Crippen LogP contribution is 2.28. The van der Waals surface area contributed by atoms with Gasteiger partial charge in [-0.15, -0.1) is 16.4 Å². The van der Waals surface area contributed by atoms with Gasteiger partial charge in [-0.1, -0.05) is 30.3 Å². The Morgan fingerprint density at radius 2 is 2.00 bits per heavy atom. The monoisotopic (exact) mass is 407 g/mol. The molecule has 1 saturated heterocycles. The summed E-state index contributed by atoms with van der Waals surface area (Å²) in [6, 6.07) is 14.1. The first-order valence-electron chi connectivity index (χ1n) is 9.95. The second-order valence-corrected chi connectivity index (χ2v) is 8.51. The Hall–Kier alpha value is -2.80. The normalized spacial score (nSPS) is 16.6. The lowest BCUT2D eigenvalue weighted by atomic mass is 9.97. The van der Waals surface area contributed by atoms with E-state index in [9.17, 15) is 4.79 Å². The lowest BCUT2D eigenvalue weighted by Crippen LogP contribution is -2.43. The van der Waals surface area contributed by atoms with Crippen molar-refractivity contribution in [2.75, 3.05) is 18.0 Å². The van der Waals surface area contributed by atoms with E-state index in [1.807, 2.05) is 44.2 Å². The molecule has 7 heteroatoms. The first-order valence-corrected chi connectivity index (χ1v) is 10.8. The van der Waals surface area contributed by atoms with Crippen molar-refractivity contribution >= 4 is 23.1 Å². The van der Waals surface area contributed by atoms with Crippen LogP contribution >= 0.6 is 11.3 Å². The van der Waals surface area contributed by atoms with Gasteiger partial charge in [0, 0.05) is 23.5 Å². The molecule has 3 heterocycles. The Kier molecular flexibility index (Phi) is 5.85. The van der Waals surface area contributed by atoms with E-state index in [0.717, 1.165) is 52.0 Å². The van der Waals surface area contributed by atoms with Crippen LogP contribution in [0, 0.1) is 19.8 Å². The van der Waals surface area contributed by atoms with E-state index >= 15 is 0 Å². The fourth-order valence-electron chi connectivity index (χ4n) is 3.57. The van der Waals surface area contributed by atoms with Crippen LogP contribution in [0.2, 0.25) is 0 Å². The summed E-state index contributed by atoms with van der Waals surface area (Å²) < 4.78 is 0. The van der Waals surface area contributed by atoms with Gasteiger partial charge in [-0.05, 0) is 38.8 Å². The number of nitrogens with zero attached hydrogens (tertiary/aromatic N) is 4. The first kappa shape index (κ1) is 19.5. The molecule has 0 saturated carbocycles. The van der Waals surface area contributed by atoms with E-state index in [1.54, 1.807) is 11.3 Å². The molecule has 6 nitrogen and oxygen atoms in total. The van der Waals surface area contributed by atoms with Gasteiger partial charge in [-0.2, -0.15) is 5.10 Å². The number of aryl methyl sites for hydroxylation is 2. The number of amides is 1. The molecule has 0 bridgehead atoms. The number of carbonyl (C=O) groups is 1. The van der Waals surface area contributed by atoms with Crippen molar-refractivity contribution in [3.8, 4) is 10.6 Å². The van der Waals surface area contributed by atoms with E-state index in [1.165, 1.54) is 0 Å². The molecule has 1 aliphatic rings. The Bertz CT molecular complexity index is 971. The molecule has 2 aromatic heterocycles. The van der Waals surface area contributed by atoms with Crippen molar-refractivity contribution < 1.29 is 4.79 Å². The van der Waals surface area contributed by atoms with Gasteiger partial charge in [0.05, 0.1) is 23.9 Å². The maximum atomic E-state index is 12.8. The van der Waals surface area contributed by atoms with Crippen LogP contribution in [0.1, 0.15) is 29.1 Å². The predicted molar refractivity (Wildman–Crippen MR) is 116 cm³/mol. The van der Waals surface area contributed by atoms with E-state index in [0.29, 0.717) is 13.1 Å². The number of thiazole rings is 1.